The third-order valence-electron chi connectivity index (χ3n) is 4.79. The Morgan fingerprint density at radius 1 is 0.962 bits per heavy atom. The van der Waals surface area contributed by atoms with Crippen LogP contribution < -0.4 is 0 Å². The van der Waals surface area contributed by atoms with Crippen LogP contribution in [0, 0.1) is 19.7 Å². The first-order valence-corrected chi connectivity index (χ1v) is 16.1. The Balaban J connectivity index is 1.94. The van der Waals surface area contributed by atoms with Gasteiger partial charge in [0.25, 0.3) is 0 Å². The summed E-state index contributed by atoms with van der Waals surface area (Å²) < 4.78 is 19.3. The van der Waals surface area contributed by atoms with Gasteiger partial charge in [0.15, 0.2) is 0 Å². The predicted molar refractivity (Wildman–Crippen MR) is 102 cm³/mol. The number of furan rings is 1. The third-order valence-corrected chi connectivity index (χ3v) is 9.97. The van der Waals surface area contributed by atoms with Crippen LogP contribution in [0.3, 0.4) is 0 Å². The van der Waals surface area contributed by atoms with Crippen LogP contribution in [0.25, 0.3) is 22.8 Å². The van der Waals surface area contributed by atoms with E-state index in [9.17, 15) is 4.39 Å². The van der Waals surface area contributed by atoms with Gasteiger partial charge >= 0.3 is 168 Å². The van der Waals surface area contributed by atoms with Gasteiger partial charge in [-0.2, -0.15) is 0 Å². The van der Waals surface area contributed by atoms with E-state index < -0.39 is 19.4 Å². The van der Waals surface area contributed by atoms with Gasteiger partial charge in [0, 0.05) is 0 Å². The van der Waals surface area contributed by atoms with E-state index >= 15 is 0 Å². The summed E-state index contributed by atoms with van der Waals surface area (Å²) in [6.07, 6.45) is 2.15. The van der Waals surface area contributed by atoms with Crippen molar-refractivity contribution in [3.63, 3.8) is 0 Å². The van der Waals surface area contributed by atoms with Gasteiger partial charge < -0.3 is 0 Å². The van der Waals surface area contributed by atoms with E-state index in [1.165, 1.54) is 12.1 Å². The Bertz CT molecular complexity index is 1010. The molecule has 1 nitrogen and oxygen atoms in total. The molecule has 131 valence electrons. The molecule has 2 aromatic carbocycles. The molecule has 1 atom stereocenters. The van der Waals surface area contributed by atoms with Crippen LogP contribution in [0.2, 0.25) is 0 Å². The molecule has 0 amide bonds. The van der Waals surface area contributed by atoms with E-state index in [0.717, 1.165) is 44.9 Å². The number of halogens is 3. The number of hydrogen-bond donors (Lipinski definition) is 0. The van der Waals surface area contributed by atoms with E-state index in [0.29, 0.717) is 0 Å². The fourth-order valence-electron chi connectivity index (χ4n) is 3.60. The van der Waals surface area contributed by atoms with Crippen LogP contribution in [0.5, 0.6) is 0 Å². The number of fused-ring (bicyclic) bond motifs is 1. The molecule has 0 spiro atoms. The molecule has 0 N–H and O–H groups in total. The monoisotopic (exact) mass is 463 g/mol. The maximum absolute atomic E-state index is 13.4. The van der Waals surface area contributed by atoms with Gasteiger partial charge in [0.05, 0.1) is 0 Å². The van der Waals surface area contributed by atoms with Gasteiger partial charge in [-0.05, 0) is 0 Å². The standard InChI is InChI=1S/C21H16FO.2ClH.Zr/c1-13-3-5-16-11-17(20-10-4-14(2)23-20)12-19(16)21(13)15-6-8-18(22)9-7-15;;;/h3-12H,1-2H3;2*1H;/q;;;+2/p-2. The Kier molecular flexibility index (Phi) is 4.99. The Labute approximate surface area is 167 Å². The second-order valence-electron chi connectivity index (χ2n) is 6.50. The molecule has 0 fully saturated rings. The number of benzene rings is 2. The minimum absolute atomic E-state index is 0.0288. The fraction of sp³-hybridized carbons (Fsp3) is 0.143. The summed E-state index contributed by atoms with van der Waals surface area (Å²) in [5.74, 6) is 1.45. The first-order chi connectivity index (χ1) is 12.5. The first kappa shape index (κ1) is 18.2. The topological polar surface area (TPSA) is 13.1 Å². The van der Waals surface area contributed by atoms with Crippen LogP contribution >= 0.6 is 17.0 Å². The Hall–Kier alpha value is -1.15. The van der Waals surface area contributed by atoms with Crippen molar-refractivity contribution in [2.75, 3.05) is 0 Å². The van der Waals surface area contributed by atoms with E-state index in [-0.39, 0.29) is 9.44 Å². The van der Waals surface area contributed by atoms with E-state index in [4.69, 9.17) is 21.4 Å². The van der Waals surface area contributed by atoms with Crippen molar-refractivity contribution in [1.82, 2.24) is 0 Å². The molecule has 26 heavy (non-hydrogen) atoms. The van der Waals surface area contributed by atoms with Gasteiger partial charge in [-0.25, -0.2) is 0 Å². The molecule has 1 aliphatic carbocycles. The summed E-state index contributed by atoms with van der Waals surface area (Å²) in [5, 5.41) is 0. The van der Waals surface area contributed by atoms with Crippen LogP contribution in [-0.4, -0.2) is 0 Å². The summed E-state index contributed by atoms with van der Waals surface area (Å²) in [4.78, 5) is 0. The molecule has 0 aliphatic heterocycles. The average Bonchev–Trinajstić information content (AvgIpc) is 3.19. The average molecular weight is 465 g/mol. The van der Waals surface area contributed by atoms with Crippen LogP contribution in [0.1, 0.15) is 31.8 Å². The SMILES string of the molecule is Cc1ccc(C2=Cc3c(ccc(C)c3-c3ccc(F)cc3)[CH]2[Zr]([Cl])[Cl])o1. The van der Waals surface area contributed by atoms with Gasteiger partial charge in [-0.1, -0.05) is 0 Å². The number of aryl methyl sites for hydroxylation is 2. The summed E-state index contributed by atoms with van der Waals surface area (Å²) in [6, 6.07) is 14.8. The molecule has 5 heteroatoms. The van der Waals surface area contributed by atoms with Crippen LogP contribution in [0.4, 0.5) is 4.39 Å². The van der Waals surface area contributed by atoms with E-state index in [1.807, 2.05) is 31.2 Å². The Morgan fingerprint density at radius 2 is 1.69 bits per heavy atom. The van der Waals surface area contributed by atoms with Crippen molar-refractivity contribution in [2.45, 2.75) is 17.5 Å². The molecule has 1 unspecified atom stereocenters. The Morgan fingerprint density at radius 3 is 2.31 bits per heavy atom. The molecule has 1 heterocycles. The van der Waals surface area contributed by atoms with E-state index in [1.54, 1.807) is 0 Å². The minimum atomic E-state index is -2.67. The van der Waals surface area contributed by atoms with Crippen molar-refractivity contribution in [2.24, 2.45) is 0 Å². The molecule has 1 aliphatic rings. The number of allylic oxidation sites excluding steroid dienone is 1. The quantitative estimate of drug-likeness (QED) is 0.398. The van der Waals surface area contributed by atoms with Crippen molar-refractivity contribution in [1.29, 1.82) is 0 Å². The zero-order valence-electron chi connectivity index (χ0n) is 14.3. The second kappa shape index (κ2) is 7.11. The van der Waals surface area contributed by atoms with Gasteiger partial charge in [-0.3, -0.25) is 0 Å². The number of hydrogen-bond acceptors (Lipinski definition) is 1. The van der Waals surface area contributed by atoms with E-state index in [2.05, 4.69) is 25.1 Å². The third kappa shape index (κ3) is 3.15. The van der Waals surface area contributed by atoms with Crippen molar-refractivity contribution >= 4 is 28.7 Å². The summed E-state index contributed by atoms with van der Waals surface area (Å²) in [6.45, 7) is 3.99. The summed E-state index contributed by atoms with van der Waals surface area (Å²) >= 11 is -2.67. The maximum atomic E-state index is 13.4. The normalized spacial score (nSPS) is 15.7. The van der Waals surface area contributed by atoms with Crippen molar-refractivity contribution < 1.29 is 28.2 Å². The zero-order valence-corrected chi connectivity index (χ0v) is 18.3. The summed E-state index contributed by atoms with van der Waals surface area (Å²) in [7, 11) is 13.1. The second-order valence-corrected chi connectivity index (χ2v) is 15.3. The first-order valence-electron chi connectivity index (χ1n) is 8.31. The van der Waals surface area contributed by atoms with Crippen molar-refractivity contribution in [3.05, 3.63) is 82.6 Å². The molecule has 0 saturated carbocycles. The molecular formula is C21H16Cl2FOZr. The molecule has 3 aromatic rings. The predicted octanol–water partition coefficient (Wildman–Crippen LogP) is 7.22. The fourth-order valence-corrected chi connectivity index (χ4v) is 8.71. The summed E-state index contributed by atoms with van der Waals surface area (Å²) in [5.41, 5.74) is 6.55. The zero-order chi connectivity index (χ0) is 18.4. The molecule has 0 saturated heterocycles. The van der Waals surface area contributed by atoms with Crippen molar-refractivity contribution in [3.8, 4) is 11.1 Å². The van der Waals surface area contributed by atoms with Gasteiger partial charge in [-0.15, -0.1) is 0 Å². The number of rotatable bonds is 3. The molecule has 0 radical (unpaired) electrons. The van der Waals surface area contributed by atoms with Crippen LogP contribution in [-0.2, 0) is 19.4 Å². The molecular weight excluding hydrogens is 449 g/mol. The molecule has 0 bridgehead atoms. The van der Waals surface area contributed by atoms with Crippen LogP contribution in [0.15, 0.2) is 52.9 Å². The molecule has 4 rings (SSSR count). The van der Waals surface area contributed by atoms with Gasteiger partial charge in [0.2, 0.25) is 0 Å². The van der Waals surface area contributed by atoms with Gasteiger partial charge in [0.1, 0.15) is 0 Å². The molecule has 1 aromatic heterocycles.